The van der Waals surface area contributed by atoms with E-state index in [2.05, 4.69) is 40.1 Å². The zero-order chi connectivity index (χ0) is 12.4. The third-order valence-electron chi connectivity index (χ3n) is 3.53. The van der Waals surface area contributed by atoms with Crippen LogP contribution in [0, 0.1) is 6.92 Å². The molecule has 96 valence electrons. The summed E-state index contributed by atoms with van der Waals surface area (Å²) < 4.78 is 2.21. The van der Waals surface area contributed by atoms with Gasteiger partial charge in [0.2, 0.25) is 5.95 Å². The third kappa shape index (κ3) is 2.58. The van der Waals surface area contributed by atoms with Crippen molar-refractivity contribution in [2.45, 2.75) is 45.2 Å². The van der Waals surface area contributed by atoms with E-state index in [1.807, 2.05) is 17.5 Å². The molecule has 0 saturated heterocycles. The molecular formula is C14H19N3S. The Morgan fingerprint density at radius 1 is 1.39 bits per heavy atom. The minimum atomic E-state index is 0.622. The highest BCUT2D eigenvalue weighted by Gasteiger charge is 2.16. The smallest absolute Gasteiger partial charge is 0.203 e. The molecule has 0 aromatic carbocycles. The van der Waals surface area contributed by atoms with Crippen LogP contribution in [-0.4, -0.2) is 15.6 Å². The number of imidazole rings is 1. The van der Waals surface area contributed by atoms with Gasteiger partial charge in [0, 0.05) is 28.2 Å². The number of nitrogens with one attached hydrogen (secondary N) is 1. The highest BCUT2D eigenvalue weighted by atomic mass is 32.1. The number of nitrogens with zero attached hydrogens (tertiary/aromatic N) is 2. The van der Waals surface area contributed by atoms with Gasteiger partial charge in [0.25, 0.3) is 0 Å². The molecule has 4 heteroatoms. The van der Waals surface area contributed by atoms with Gasteiger partial charge >= 0.3 is 0 Å². The minimum absolute atomic E-state index is 0.622. The molecule has 18 heavy (non-hydrogen) atoms. The van der Waals surface area contributed by atoms with Crippen molar-refractivity contribution in [3.8, 4) is 0 Å². The molecular weight excluding hydrogens is 242 g/mol. The number of hydrogen-bond donors (Lipinski definition) is 1. The number of thiophene rings is 1. The Morgan fingerprint density at radius 2 is 2.22 bits per heavy atom. The molecule has 0 atom stereocenters. The summed E-state index contributed by atoms with van der Waals surface area (Å²) in [6, 6.07) is 5.01. The van der Waals surface area contributed by atoms with Gasteiger partial charge in [-0.15, -0.1) is 11.3 Å². The van der Waals surface area contributed by atoms with Gasteiger partial charge in [0.15, 0.2) is 0 Å². The van der Waals surface area contributed by atoms with Crippen LogP contribution in [0.5, 0.6) is 0 Å². The SMILES string of the molecule is Cc1ccc(Cn2ccnc2NC2CCCC2)s1. The van der Waals surface area contributed by atoms with E-state index < -0.39 is 0 Å². The van der Waals surface area contributed by atoms with Crippen LogP contribution in [0.15, 0.2) is 24.5 Å². The molecule has 1 aliphatic rings. The van der Waals surface area contributed by atoms with Crippen molar-refractivity contribution >= 4 is 17.3 Å². The van der Waals surface area contributed by atoms with E-state index in [1.54, 1.807) is 0 Å². The number of anilines is 1. The Balaban J connectivity index is 1.70. The summed E-state index contributed by atoms with van der Waals surface area (Å²) in [7, 11) is 0. The molecule has 0 bridgehead atoms. The predicted octanol–water partition coefficient (Wildman–Crippen LogP) is 3.66. The maximum atomic E-state index is 4.44. The third-order valence-corrected chi connectivity index (χ3v) is 4.51. The number of aromatic nitrogens is 2. The molecule has 0 unspecified atom stereocenters. The van der Waals surface area contributed by atoms with Gasteiger partial charge in [0.1, 0.15) is 0 Å². The average molecular weight is 261 g/mol. The summed E-state index contributed by atoms with van der Waals surface area (Å²) in [6.45, 7) is 3.08. The second kappa shape index (κ2) is 5.14. The van der Waals surface area contributed by atoms with E-state index in [0.29, 0.717) is 6.04 Å². The van der Waals surface area contributed by atoms with Crippen LogP contribution in [0.4, 0.5) is 5.95 Å². The zero-order valence-corrected chi connectivity index (χ0v) is 11.5. The van der Waals surface area contributed by atoms with E-state index >= 15 is 0 Å². The maximum Gasteiger partial charge on any atom is 0.203 e. The number of hydrogen-bond acceptors (Lipinski definition) is 3. The Hall–Kier alpha value is -1.29. The predicted molar refractivity (Wildman–Crippen MR) is 76.3 cm³/mol. The Kier molecular flexibility index (Phi) is 3.37. The van der Waals surface area contributed by atoms with Crippen LogP contribution in [0.1, 0.15) is 35.4 Å². The molecule has 1 fully saturated rings. The fraction of sp³-hybridized carbons (Fsp3) is 0.500. The fourth-order valence-corrected chi connectivity index (χ4v) is 3.46. The number of aryl methyl sites for hydroxylation is 1. The molecule has 2 aromatic heterocycles. The first-order valence-corrected chi connectivity index (χ1v) is 7.46. The van der Waals surface area contributed by atoms with E-state index in [-0.39, 0.29) is 0 Å². The van der Waals surface area contributed by atoms with Crippen molar-refractivity contribution < 1.29 is 0 Å². The Labute approximate surface area is 112 Å². The first-order valence-electron chi connectivity index (χ1n) is 6.64. The van der Waals surface area contributed by atoms with Crippen LogP contribution >= 0.6 is 11.3 Å². The van der Waals surface area contributed by atoms with E-state index in [0.717, 1.165) is 12.5 Å². The van der Waals surface area contributed by atoms with Crippen molar-refractivity contribution in [3.63, 3.8) is 0 Å². The lowest BCUT2D eigenvalue weighted by atomic mass is 10.2. The molecule has 3 nitrogen and oxygen atoms in total. The quantitative estimate of drug-likeness (QED) is 0.910. The first kappa shape index (κ1) is 11.8. The maximum absolute atomic E-state index is 4.44. The van der Waals surface area contributed by atoms with Gasteiger partial charge in [-0.05, 0) is 31.9 Å². The van der Waals surface area contributed by atoms with Crippen LogP contribution in [0.25, 0.3) is 0 Å². The lowest BCUT2D eigenvalue weighted by molar-refractivity contribution is 0.719. The highest BCUT2D eigenvalue weighted by Crippen LogP contribution is 2.23. The highest BCUT2D eigenvalue weighted by molar-refractivity contribution is 7.11. The lowest BCUT2D eigenvalue weighted by Crippen LogP contribution is -2.18. The van der Waals surface area contributed by atoms with Crippen molar-refractivity contribution in [2.75, 3.05) is 5.32 Å². The average Bonchev–Trinajstić information content (AvgIpc) is 3.05. The topological polar surface area (TPSA) is 29.9 Å². The van der Waals surface area contributed by atoms with Gasteiger partial charge in [-0.25, -0.2) is 4.98 Å². The Morgan fingerprint density at radius 3 is 2.94 bits per heavy atom. The van der Waals surface area contributed by atoms with Gasteiger partial charge in [-0.2, -0.15) is 0 Å². The molecule has 1 aliphatic carbocycles. The largest absolute Gasteiger partial charge is 0.353 e. The second-order valence-electron chi connectivity index (χ2n) is 5.02. The van der Waals surface area contributed by atoms with Crippen LogP contribution < -0.4 is 5.32 Å². The number of rotatable bonds is 4. The van der Waals surface area contributed by atoms with Gasteiger partial charge in [0.05, 0.1) is 6.54 Å². The Bertz CT molecular complexity index is 509. The molecule has 0 amide bonds. The van der Waals surface area contributed by atoms with Crippen molar-refractivity contribution in [3.05, 3.63) is 34.3 Å². The fourth-order valence-electron chi connectivity index (χ4n) is 2.57. The normalized spacial score (nSPS) is 16.3. The summed E-state index contributed by atoms with van der Waals surface area (Å²) in [6.07, 6.45) is 9.21. The molecule has 0 spiro atoms. The van der Waals surface area contributed by atoms with Crippen LogP contribution in [-0.2, 0) is 6.54 Å². The zero-order valence-electron chi connectivity index (χ0n) is 10.7. The standard InChI is InChI=1S/C14H19N3S/c1-11-6-7-13(18-11)10-17-9-8-15-14(17)16-12-4-2-3-5-12/h6-9,12H,2-5,10H2,1H3,(H,15,16). The van der Waals surface area contributed by atoms with Crippen molar-refractivity contribution in [2.24, 2.45) is 0 Å². The molecule has 1 saturated carbocycles. The summed E-state index contributed by atoms with van der Waals surface area (Å²) in [4.78, 5) is 7.20. The van der Waals surface area contributed by atoms with Crippen molar-refractivity contribution in [1.82, 2.24) is 9.55 Å². The summed E-state index contributed by atoms with van der Waals surface area (Å²) in [5.74, 6) is 1.02. The minimum Gasteiger partial charge on any atom is -0.353 e. The van der Waals surface area contributed by atoms with E-state index in [1.165, 1.54) is 35.4 Å². The second-order valence-corrected chi connectivity index (χ2v) is 6.39. The molecule has 3 rings (SSSR count). The molecule has 2 heterocycles. The van der Waals surface area contributed by atoms with Gasteiger partial charge in [-0.1, -0.05) is 12.8 Å². The van der Waals surface area contributed by atoms with E-state index in [9.17, 15) is 0 Å². The van der Waals surface area contributed by atoms with Crippen molar-refractivity contribution in [1.29, 1.82) is 0 Å². The molecule has 0 aliphatic heterocycles. The molecule has 0 radical (unpaired) electrons. The molecule has 1 N–H and O–H groups in total. The van der Waals surface area contributed by atoms with Gasteiger partial charge in [-0.3, -0.25) is 0 Å². The van der Waals surface area contributed by atoms with E-state index in [4.69, 9.17) is 0 Å². The van der Waals surface area contributed by atoms with Gasteiger partial charge < -0.3 is 9.88 Å². The first-order chi connectivity index (χ1) is 8.81. The van der Waals surface area contributed by atoms with Crippen LogP contribution in [0.3, 0.4) is 0 Å². The monoisotopic (exact) mass is 261 g/mol. The lowest BCUT2D eigenvalue weighted by Gasteiger charge is -2.14. The van der Waals surface area contributed by atoms with Crippen LogP contribution in [0.2, 0.25) is 0 Å². The summed E-state index contributed by atoms with van der Waals surface area (Å²) in [5.41, 5.74) is 0. The summed E-state index contributed by atoms with van der Waals surface area (Å²) >= 11 is 1.86. The molecule has 2 aromatic rings. The summed E-state index contributed by atoms with van der Waals surface area (Å²) in [5, 5.41) is 3.57.